The van der Waals surface area contributed by atoms with Gasteiger partial charge in [0.05, 0.1) is 0 Å². The van der Waals surface area contributed by atoms with Crippen molar-refractivity contribution in [3.63, 3.8) is 0 Å². The van der Waals surface area contributed by atoms with Gasteiger partial charge in [0.1, 0.15) is 24.1 Å². The molecule has 3 saturated heterocycles. The van der Waals surface area contributed by atoms with Gasteiger partial charge in [-0.25, -0.2) is 4.79 Å². The second-order valence-corrected chi connectivity index (χ2v) is 9.23. The fraction of sp³-hybridized carbons (Fsp3) is 0.474. The summed E-state index contributed by atoms with van der Waals surface area (Å²) < 4.78 is 4.88. The summed E-state index contributed by atoms with van der Waals surface area (Å²) in [7, 11) is 0. The lowest BCUT2D eigenvalue weighted by Gasteiger charge is -2.46. The van der Waals surface area contributed by atoms with E-state index in [4.69, 9.17) is 4.74 Å². The molecule has 8 heteroatoms. The van der Waals surface area contributed by atoms with Crippen molar-refractivity contribution in [2.75, 3.05) is 0 Å². The Kier molecular flexibility index (Phi) is 4.25. The zero-order valence-electron chi connectivity index (χ0n) is 15.1. The number of amides is 3. The third-order valence-electron chi connectivity index (χ3n) is 5.23. The van der Waals surface area contributed by atoms with Gasteiger partial charge in [0.2, 0.25) is 11.8 Å². The predicted octanol–water partition coefficient (Wildman–Crippen LogP) is 1.31. The van der Waals surface area contributed by atoms with E-state index in [9.17, 15) is 19.2 Å². The minimum absolute atomic E-state index is 0.135. The molecule has 27 heavy (non-hydrogen) atoms. The van der Waals surface area contributed by atoms with Gasteiger partial charge in [0.25, 0.3) is 5.91 Å². The molecule has 3 aliphatic rings. The summed E-state index contributed by atoms with van der Waals surface area (Å²) in [5.41, 5.74) is 0.868. The first-order valence-electron chi connectivity index (χ1n) is 8.87. The summed E-state index contributed by atoms with van der Waals surface area (Å²) in [5.74, 6) is -1.45. The Bertz CT molecular complexity index is 809. The quantitative estimate of drug-likeness (QED) is 0.439. The Morgan fingerprint density at radius 3 is 2.41 bits per heavy atom. The van der Waals surface area contributed by atoms with Gasteiger partial charge in [-0.3, -0.25) is 19.3 Å². The molecule has 1 aromatic rings. The van der Waals surface area contributed by atoms with Crippen LogP contribution in [-0.2, 0) is 30.5 Å². The maximum atomic E-state index is 12.8. The van der Waals surface area contributed by atoms with Crippen LogP contribution < -0.4 is 0 Å². The average Bonchev–Trinajstić information content (AvgIpc) is 3.09. The zero-order chi connectivity index (χ0) is 19.3. The smallest absolute Gasteiger partial charge is 0.330 e. The van der Waals surface area contributed by atoms with E-state index in [1.807, 2.05) is 44.2 Å². The highest BCUT2D eigenvalue weighted by atomic mass is 32.2. The number of imide groups is 1. The number of hydrogen-bond donors (Lipinski definition) is 0. The van der Waals surface area contributed by atoms with E-state index < -0.39 is 28.2 Å². The van der Waals surface area contributed by atoms with Crippen LogP contribution in [0.15, 0.2) is 30.3 Å². The largest absolute Gasteiger partial charge is 0.459 e. The monoisotopic (exact) mass is 388 g/mol. The molecular weight excluding hydrogens is 368 g/mol. The van der Waals surface area contributed by atoms with Crippen LogP contribution in [0.1, 0.15) is 32.3 Å². The van der Waals surface area contributed by atoms with Crippen molar-refractivity contribution >= 4 is 35.5 Å². The Balaban J connectivity index is 1.50. The third-order valence-corrected chi connectivity index (χ3v) is 6.79. The predicted molar refractivity (Wildman–Crippen MR) is 97.2 cm³/mol. The van der Waals surface area contributed by atoms with Gasteiger partial charge in [-0.05, 0) is 19.4 Å². The van der Waals surface area contributed by atoms with Gasteiger partial charge in [-0.1, -0.05) is 30.3 Å². The molecule has 0 saturated carbocycles. The van der Waals surface area contributed by atoms with Crippen LogP contribution in [0.25, 0.3) is 0 Å². The first kappa shape index (κ1) is 18.0. The average molecular weight is 388 g/mol. The van der Waals surface area contributed by atoms with E-state index in [-0.39, 0.29) is 37.2 Å². The summed E-state index contributed by atoms with van der Waals surface area (Å²) in [6, 6.07) is 7.79. The number of nitrogens with zero attached hydrogens (tertiary/aromatic N) is 2. The van der Waals surface area contributed by atoms with E-state index in [1.165, 1.54) is 16.7 Å². The first-order valence-corrected chi connectivity index (χ1v) is 9.74. The number of β-lactam (4-membered cyclic amide) rings is 1. The molecule has 0 spiro atoms. The van der Waals surface area contributed by atoms with Crippen LogP contribution >= 0.6 is 11.8 Å². The van der Waals surface area contributed by atoms with Crippen molar-refractivity contribution in [2.24, 2.45) is 0 Å². The fourth-order valence-electron chi connectivity index (χ4n) is 3.92. The van der Waals surface area contributed by atoms with Crippen LogP contribution in [0.4, 0.5) is 0 Å². The summed E-state index contributed by atoms with van der Waals surface area (Å²) in [4.78, 5) is 52.1. The molecule has 3 aliphatic heterocycles. The van der Waals surface area contributed by atoms with Crippen LogP contribution in [-0.4, -0.2) is 55.7 Å². The minimum Gasteiger partial charge on any atom is -0.459 e. The van der Waals surface area contributed by atoms with Gasteiger partial charge >= 0.3 is 5.97 Å². The van der Waals surface area contributed by atoms with Crippen LogP contribution in [0.5, 0.6) is 0 Å². The highest BCUT2D eigenvalue weighted by molar-refractivity contribution is 8.01. The fourth-order valence-corrected chi connectivity index (χ4v) is 5.59. The number of fused-ring (bicyclic) bond motifs is 1. The van der Waals surface area contributed by atoms with Gasteiger partial charge in [-0.2, -0.15) is 0 Å². The molecule has 142 valence electrons. The van der Waals surface area contributed by atoms with E-state index in [2.05, 4.69) is 0 Å². The molecule has 3 fully saturated rings. The van der Waals surface area contributed by atoms with E-state index >= 15 is 0 Å². The number of thioether (sulfide) groups is 1. The number of carbonyl (C=O) groups excluding carboxylic acids is 4. The number of benzene rings is 1. The highest BCUT2D eigenvalue weighted by Crippen LogP contribution is 2.52. The number of ether oxygens (including phenoxy) is 1. The number of hydrogen-bond acceptors (Lipinski definition) is 6. The Hall–Kier alpha value is -2.35. The zero-order valence-corrected chi connectivity index (χ0v) is 15.9. The lowest BCUT2D eigenvalue weighted by Crippen LogP contribution is -2.71. The molecule has 2 unspecified atom stereocenters. The number of esters is 1. The number of carbonyl (C=O) groups is 4. The Morgan fingerprint density at radius 1 is 1.15 bits per heavy atom. The second kappa shape index (κ2) is 6.37. The van der Waals surface area contributed by atoms with Crippen molar-refractivity contribution < 1.29 is 23.9 Å². The van der Waals surface area contributed by atoms with Gasteiger partial charge in [0.15, 0.2) is 0 Å². The Labute approximate surface area is 161 Å². The van der Waals surface area contributed by atoms with Crippen molar-refractivity contribution in [3.8, 4) is 0 Å². The summed E-state index contributed by atoms with van der Waals surface area (Å²) in [6.07, 6.45) is 0.290. The molecule has 0 radical (unpaired) electrons. The molecule has 0 aliphatic carbocycles. The maximum Gasteiger partial charge on any atom is 0.330 e. The van der Waals surface area contributed by atoms with Crippen molar-refractivity contribution in [2.45, 2.75) is 55.5 Å². The van der Waals surface area contributed by atoms with Crippen molar-refractivity contribution in [3.05, 3.63) is 35.9 Å². The van der Waals surface area contributed by atoms with Crippen molar-refractivity contribution in [1.29, 1.82) is 0 Å². The maximum absolute atomic E-state index is 12.8. The molecular formula is C19H20N2O5S. The Morgan fingerprint density at radius 2 is 1.78 bits per heavy atom. The standard InChI is InChI=1S/C19H20N2O5S/c1-19(2)15(18(25)26-10-11-6-4-3-5-7-11)21-16(24)14(17(21)27-19)20-12(22)8-9-13(20)23/h3-7,14-15,17H,8-10H2,1-2H3/t14?,15?,17-/m1/s1. The molecule has 1 aromatic carbocycles. The molecule has 3 heterocycles. The minimum atomic E-state index is -0.802. The first-order chi connectivity index (χ1) is 12.8. The molecule has 0 N–H and O–H groups in total. The summed E-state index contributed by atoms with van der Waals surface area (Å²) >= 11 is 1.44. The van der Waals surface area contributed by atoms with E-state index in [0.29, 0.717) is 0 Å². The number of rotatable bonds is 4. The SMILES string of the molecule is CC1(C)S[C@@H]2C(N3C(=O)CCC3=O)C(=O)N2C1C(=O)OCc1ccccc1. The van der Waals surface area contributed by atoms with Crippen LogP contribution in [0.3, 0.4) is 0 Å². The van der Waals surface area contributed by atoms with Gasteiger partial charge < -0.3 is 9.64 Å². The molecule has 0 bridgehead atoms. The molecule has 3 atom stereocenters. The molecule has 0 aromatic heterocycles. The normalized spacial score (nSPS) is 29.0. The van der Waals surface area contributed by atoms with Gasteiger partial charge in [0, 0.05) is 17.6 Å². The molecule has 7 nitrogen and oxygen atoms in total. The van der Waals surface area contributed by atoms with E-state index in [0.717, 1.165) is 10.5 Å². The van der Waals surface area contributed by atoms with Crippen molar-refractivity contribution in [1.82, 2.24) is 9.80 Å². The number of likely N-dealkylation sites (tertiary alicyclic amines) is 1. The lowest BCUT2D eigenvalue weighted by molar-refractivity contribution is -0.172. The summed E-state index contributed by atoms with van der Waals surface area (Å²) in [6.45, 7) is 3.89. The van der Waals surface area contributed by atoms with Gasteiger partial charge in [-0.15, -0.1) is 11.8 Å². The molecule has 3 amide bonds. The summed E-state index contributed by atoms with van der Waals surface area (Å²) in [5, 5.41) is -0.396. The van der Waals surface area contributed by atoms with E-state index in [1.54, 1.807) is 0 Å². The lowest BCUT2D eigenvalue weighted by atomic mass is 9.95. The topological polar surface area (TPSA) is 84.0 Å². The second-order valence-electron chi connectivity index (χ2n) is 7.46. The van der Waals surface area contributed by atoms with Crippen LogP contribution in [0.2, 0.25) is 0 Å². The third kappa shape index (κ3) is 2.82. The molecule has 4 rings (SSSR count). The van der Waals surface area contributed by atoms with Crippen LogP contribution in [0, 0.1) is 0 Å². The highest BCUT2D eigenvalue weighted by Gasteiger charge is 2.67.